The zero-order valence-electron chi connectivity index (χ0n) is 16.8. The van der Waals surface area contributed by atoms with Crippen LogP contribution in [0.4, 0.5) is 0 Å². The Morgan fingerprint density at radius 1 is 1.17 bits per heavy atom. The van der Waals surface area contributed by atoms with Gasteiger partial charge in [-0.15, -0.1) is 0 Å². The van der Waals surface area contributed by atoms with E-state index >= 15 is 0 Å². The molecule has 5 nitrogen and oxygen atoms in total. The fourth-order valence-corrected chi connectivity index (χ4v) is 5.53. The lowest BCUT2D eigenvalue weighted by atomic mass is 9.99. The Kier molecular flexibility index (Phi) is 4.86. The summed E-state index contributed by atoms with van der Waals surface area (Å²) in [6, 6.07) is 15.2. The predicted octanol–water partition coefficient (Wildman–Crippen LogP) is 4.46. The lowest BCUT2D eigenvalue weighted by Gasteiger charge is -2.23. The number of para-hydroxylation sites is 1. The van der Waals surface area contributed by atoms with Crippen LogP contribution in [0.15, 0.2) is 59.5 Å². The molecule has 1 heterocycles. The lowest BCUT2D eigenvalue weighted by molar-refractivity contribution is 0.0926. The van der Waals surface area contributed by atoms with Crippen molar-refractivity contribution in [2.75, 3.05) is 0 Å². The molecule has 5 rings (SSSR count). The minimum atomic E-state index is -0.0342. The maximum absolute atomic E-state index is 12.6. The van der Waals surface area contributed by atoms with E-state index in [9.17, 15) is 9.59 Å². The maximum atomic E-state index is 12.6. The molecule has 0 bridgehead atoms. The van der Waals surface area contributed by atoms with Crippen LogP contribution < -0.4 is 10.7 Å². The third-order valence-electron chi connectivity index (χ3n) is 6.88. The molecule has 1 amide bonds. The smallest absolute Gasteiger partial charge is 0.251 e. The standard InChI is InChI=1S/C24H24ClN3O2/c1-2-20(27-24(30)14-7-9-15(25)10-8-14)23-18-11-16(12-19(18)23)28-21-6-4-3-5-17(21)22(29)13-26-28/h3-10,13,16,18-20,23H,2,11-12H2,1H3,(H,27,30)/t16?,18-,19-,20-,23?/m0/s1. The number of benzene rings is 2. The first-order chi connectivity index (χ1) is 14.6. The van der Waals surface area contributed by atoms with Crippen LogP contribution in [0.5, 0.6) is 0 Å². The molecule has 2 aromatic carbocycles. The second kappa shape index (κ2) is 7.55. The number of rotatable bonds is 5. The highest BCUT2D eigenvalue weighted by atomic mass is 35.5. The average molecular weight is 422 g/mol. The van der Waals surface area contributed by atoms with E-state index in [-0.39, 0.29) is 17.4 Å². The molecule has 3 atom stereocenters. The van der Waals surface area contributed by atoms with E-state index < -0.39 is 0 Å². The Morgan fingerprint density at radius 2 is 1.87 bits per heavy atom. The van der Waals surface area contributed by atoms with Crippen molar-refractivity contribution >= 4 is 28.4 Å². The zero-order chi connectivity index (χ0) is 20.8. The minimum Gasteiger partial charge on any atom is -0.349 e. The first-order valence-corrected chi connectivity index (χ1v) is 11.0. The van der Waals surface area contributed by atoms with Crippen molar-refractivity contribution in [2.45, 2.75) is 38.3 Å². The number of hydrogen-bond donors (Lipinski definition) is 1. The highest BCUT2D eigenvalue weighted by Gasteiger charge is 2.59. The van der Waals surface area contributed by atoms with Crippen molar-refractivity contribution in [1.82, 2.24) is 15.1 Å². The average Bonchev–Trinajstić information content (AvgIpc) is 3.25. The van der Waals surface area contributed by atoms with E-state index in [1.54, 1.807) is 24.3 Å². The van der Waals surface area contributed by atoms with Crippen LogP contribution in [0.25, 0.3) is 10.9 Å². The molecule has 2 aliphatic carbocycles. The van der Waals surface area contributed by atoms with Gasteiger partial charge < -0.3 is 5.32 Å². The van der Waals surface area contributed by atoms with Crippen LogP contribution >= 0.6 is 11.6 Å². The first kappa shape index (κ1) is 19.3. The zero-order valence-corrected chi connectivity index (χ0v) is 17.5. The summed E-state index contributed by atoms with van der Waals surface area (Å²) in [6.07, 6.45) is 4.44. The normalized spacial score (nSPS) is 23.9. The second-order valence-electron chi connectivity index (χ2n) is 8.50. The third kappa shape index (κ3) is 3.31. The highest BCUT2D eigenvalue weighted by Crippen LogP contribution is 2.62. The van der Waals surface area contributed by atoms with Gasteiger partial charge in [0.25, 0.3) is 5.91 Å². The summed E-state index contributed by atoms with van der Waals surface area (Å²) in [6.45, 7) is 2.13. The van der Waals surface area contributed by atoms with Crippen LogP contribution in [-0.2, 0) is 0 Å². The molecular formula is C24H24ClN3O2. The molecule has 30 heavy (non-hydrogen) atoms. The molecule has 0 saturated heterocycles. The third-order valence-corrected chi connectivity index (χ3v) is 7.13. The SMILES string of the molecule is CC[C@H](NC(=O)c1ccc(Cl)cc1)C1[C@H]2CC(n3ncc(=O)c4ccccc43)C[C@H]12. The van der Waals surface area contributed by atoms with E-state index in [0.29, 0.717) is 34.4 Å². The molecule has 0 aliphatic heterocycles. The second-order valence-corrected chi connectivity index (χ2v) is 8.93. The lowest BCUT2D eigenvalue weighted by Crippen LogP contribution is -2.37. The predicted molar refractivity (Wildman–Crippen MR) is 118 cm³/mol. The Balaban J connectivity index is 1.28. The van der Waals surface area contributed by atoms with E-state index in [1.807, 2.05) is 28.9 Å². The van der Waals surface area contributed by atoms with Gasteiger partial charge in [0, 0.05) is 22.0 Å². The number of amides is 1. The molecule has 1 aromatic heterocycles. The Bertz CT molecular complexity index is 1150. The van der Waals surface area contributed by atoms with Crippen molar-refractivity contribution in [2.24, 2.45) is 17.8 Å². The van der Waals surface area contributed by atoms with Gasteiger partial charge in [-0.3, -0.25) is 14.3 Å². The van der Waals surface area contributed by atoms with E-state index in [2.05, 4.69) is 17.3 Å². The number of nitrogens with one attached hydrogen (secondary N) is 1. The molecule has 2 fully saturated rings. The van der Waals surface area contributed by atoms with Gasteiger partial charge in [0.1, 0.15) is 0 Å². The summed E-state index contributed by atoms with van der Waals surface area (Å²) in [7, 11) is 0. The molecule has 2 aliphatic rings. The van der Waals surface area contributed by atoms with E-state index in [4.69, 9.17) is 11.6 Å². The van der Waals surface area contributed by atoms with Crippen molar-refractivity contribution < 1.29 is 4.79 Å². The Morgan fingerprint density at radius 3 is 2.57 bits per heavy atom. The van der Waals surface area contributed by atoms with Crippen molar-refractivity contribution in [1.29, 1.82) is 0 Å². The molecule has 1 N–H and O–H groups in total. The van der Waals surface area contributed by atoms with Crippen molar-refractivity contribution in [3.05, 3.63) is 75.5 Å². The fourth-order valence-electron chi connectivity index (χ4n) is 5.40. The number of halogens is 1. The Hall–Kier alpha value is -2.66. The van der Waals surface area contributed by atoms with Crippen molar-refractivity contribution in [3.8, 4) is 0 Å². The van der Waals surface area contributed by atoms with Crippen LogP contribution in [-0.4, -0.2) is 21.7 Å². The highest BCUT2D eigenvalue weighted by molar-refractivity contribution is 6.30. The van der Waals surface area contributed by atoms with Gasteiger partial charge in [0.15, 0.2) is 0 Å². The number of hydrogen-bond acceptors (Lipinski definition) is 3. The molecule has 2 saturated carbocycles. The Labute approximate surface area is 180 Å². The topological polar surface area (TPSA) is 64.0 Å². The summed E-state index contributed by atoms with van der Waals surface area (Å²) < 4.78 is 2.03. The minimum absolute atomic E-state index is 0.0289. The first-order valence-electron chi connectivity index (χ1n) is 10.6. The molecule has 154 valence electrons. The summed E-state index contributed by atoms with van der Waals surface area (Å²) in [5, 5.41) is 9.05. The fraction of sp³-hybridized carbons (Fsp3) is 0.375. The quantitative estimate of drug-likeness (QED) is 0.661. The van der Waals surface area contributed by atoms with E-state index in [0.717, 1.165) is 30.2 Å². The number of carbonyl (C=O) groups excluding carboxylic acids is 1. The number of aromatic nitrogens is 2. The molecule has 6 heteroatoms. The summed E-state index contributed by atoms with van der Waals surface area (Å²) >= 11 is 5.93. The van der Waals surface area contributed by atoms with E-state index in [1.165, 1.54) is 6.20 Å². The van der Waals surface area contributed by atoms with Gasteiger partial charge >= 0.3 is 0 Å². The molecular weight excluding hydrogens is 398 g/mol. The van der Waals surface area contributed by atoms with Crippen molar-refractivity contribution in [3.63, 3.8) is 0 Å². The largest absolute Gasteiger partial charge is 0.349 e. The van der Waals surface area contributed by atoms with Crippen LogP contribution in [0.1, 0.15) is 42.6 Å². The van der Waals surface area contributed by atoms with Gasteiger partial charge in [0.2, 0.25) is 5.43 Å². The van der Waals surface area contributed by atoms with Crippen LogP contribution in [0.3, 0.4) is 0 Å². The summed E-state index contributed by atoms with van der Waals surface area (Å²) in [5.41, 5.74) is 1.53. The number of carbonyl (C=O) groups is 1. The molecule has 0 radical (unpaired) electrons. The molecule has 3 aromatic rings. The number of nitrogens with zero attached hydrogens (tertiary/aromatic N) is 2. The molecule has 0 spiro atoms. The van der Waals surface area contributed by atoms with Crippen LogP contribution in [0.2, 0.25) is 5.02 Å². The van der Waals surface area contributed by atoms with Gasteiger partial charge in [-0.2, -0.15) is 5.10 Å². The molecule has 0 unspecified atom stereocenters. The number of fused-ring (bicyclic) bond motifs is 2. The maximum Gasteiger partial charge on any atom is 0.251 e. The van der Waals surface area contributed by atoms with Gasteiger partial charge in [-0.1, -0.05) is 30.7 Å². The monoisotopic (exact) mass is 421 g/mol. The van der Waals surface area contributed by atoms with Crippen LogP contribution in [0, 0.1) is 17.8 Å². The van der Waals surface area contributed by atoms with Gasteiger partial charge in [0.05, 0.1) is 17.8 Å². The summed E-state index contributed by atoms with van der Waals surface area (Å²) in [5.74, 6) is 1.69. The van der Waals surface area contributed by atoms with Gasteiger partial charge in [-0.25, -0.2) is 0 Å². The summed E-state index contributed by atoms with van der Waals surface area (Å²) in [4.78, 5) is 24.8. The van der Waals surface area contributed by atoms with Gasteiger partial charge in [-0.05, 0) is 73.4 Å².